The fourth-order valence-corrected chi connectivity index (χ4v) is 5.76. The predicted octanol–water partition coefficient (Wildman–Crippen LogP) is 5.11. The van der Waals surface area contributed by atoms with Crippen molar-refractivity contribution in [3.63, 3.8) is 0 Å². The number of carboxylic acids is 1. The highest BCUT2D eigenvalue weighted by molar-refractivity contribution is 5.82. The van der Waals surface area contributed by atoms with E-state index in [1.165, 1.54) is 0 Å². The van der Waals surface area contributed by atoms with Gasteiger partial charge in [-0.1, -0.05) is 67.6 Å². The molecule has 0 bridgehead atoms. The van der Waals surface area contributed by atoms with Crippen LogP contribution in [-0.4, -0.2) is 35.1 Å². The Bertz CT molecular complexity index is 913. The van der Waals surface area contributed by atoms with Gasteiger partial charge in [-0.15, -0.1) is 0 Å². The summed E-state index contributed by atoms with van der Waals surface area (Å²) in [6.45, 7) is 11.5. The molecule has 0 unspecified atom stereocenters. The number of nitrogens with zero attached hydrogens (tertiary/aromatic N) is 2. The summed E-state index contributed by atoms with van der Waals surface area (Å²) in [5, 5.41) is 10.2. The number of hydrogen-bond acceptors (Lipinski definition) is 2. The summed E-state index contributed by atoms with van der Waals surface area (Å²) in [7, 11) is 0. The maximum Gasteiger partial charge on any atom is 0.314 e. The van der Waals surface area contributed by atoms with Crippen LogP contribution in [0.3, 0.4) is 0 Å². The number of rotatable bonds is 4. The van der Waals surface area contributed by atoms with Gasteiger partial charge in [-0.3, -0.25) is 4.79 Å². The molecule has 30 heavy (non-hydrogen) atoms. The molecule has 1 saturated heterocycles. The van der Waals surface area contributed by atoms with E-state index in [-0.39, 0.29) is 5.92 Å². The molecule has 2 aliphatic rings. The molecule has 1 saturated carbocycles. The molecule has 2 atom stereocenters. The van der Waals surface area contributed by atoms with Gasteiger partial charge in [0, 0.05) is 31.0 Å². The monoisotopic (exact) mass is 402 g/mol. The molecule has 1 aliphatic carbocycles. The lowest BCUT2D eigenvalue weighted by molar-refractivity contribution is -0.149. The van der Waals surface area contributed by atoms with Crippen LogP contribution in [0.4, 0.5) is 0 Å². The zero-order valence-electron chi connectivity index (χ0n) is 17.6. The van der Waals surface area contributed by atoms with Crippen LogP contribution in [0.25, 0.3) is 4.85 Å². The summed E-state index contributed by atoms with van der Waals surface area (Å²) in [5.74, 6) is -0.673. The van der Waals surface area contributed by atoms with E-state index in [9.17, 15) is 9.90 Å². The number of aliphatic carboxylic acids is 1. The average molecular weight is 403 g/mol. The van der Waals surface area contributed by atoms with Crippen molar-refractivity contribution in [2.45, 2.75) is 56.0 Å². The van der Waals surface area contributed by atoms with Gasteiger partial charge in [-0.2, -0.15) is 0 Å². The molecule has 4 nitrogen and oxygen atoms in total. The van der Waals surface area contributed by atoms with E-state index in [4.69, 9.17) is 6.57 Å². The fourth-order valence-electron chi connectivity index (χ4n) is 5.76. The lowest BCUT2D eigenvalue weighted by Crippen LogP contribution is -2.56. The minimum Gasteiger partial charge on any atom is -0.481 e. The van der Waals surface area contributed by atoms with Crippen molar-refractivity contribution < 1.29 is 9.90 Å². The largest absolute Gasteiger partial charge is 0.481 e. The van der Waals surface area contributed by atoms with Gasteiger partial charge in [-0.05, 0) is 37.3 Å². The first-order chi connectivity index (χ1) is 14.5. The number of carboxylic acid groups (broad SMARTS) is 1. The van der Waals surface area contributed by atoms with Crippen molar-refractivity contribution in [1.82, 2.24) is 4.90 Å². The Morgan fingerprint density at radius 1 is 1.00 bits per heavy atom. The minimum atomic E-state index is -0.809. The topological polar surface area (TPSA) is 44.9 Å². The van der Waals surface area contributed by atoms with E-state index in [1.807, 2.05) is 48.5 Å². The van der Waals surface area contributed by atoms with E-state index >= 15 is 0 Å². The van der Waals surface area contributed by atoms with Crippen LogP contribution in [0.15, 0.2) is 60.7 Å². The highest BCUT2D eigenvalue weighted by Gasteiger charge is 2.50. The van der Waals surface area contributed by atoms with E-state index in [1.54, 1.807) is 0 Å². The van der Waals surface area contributed by atoms with Gasteiger partial charge in [0.25, 0.3) is 5.54 Å². The molecule has 4 heteroatoms. The van der Waals surface area contributed by atoms with Gasteiger partial charge in [0.1, 0.15) is 0 Å². The lowest BCUT2D eigenvalue weighted by atomic mass is 9.66. The molecule has 2 aromatic rings. The zero-order valence-corrected chi connectivity index (χ0v) is 17.6. The van der Waals surface area contributed by atoms with Crippen molar-refractivity contribution in [3.8, 4) is 0 Å². The van der Waals surface area contributed by atoms with Crippen LogP contribution in [0.2, 0.25) is 0 Å². The molecule has 0 radical (unpaired) electrons. The molecule has 0 spiro atoms. The lowest BCUT2D eigenvalue weighted by Gasteiger charge is -2.48. The Kier molecular flexibility index (Phi) is 5.66. The number of benzene rings is 2. The Labute approximate surface area is 179 Å². The van der Waals surface area contributed by atoms with Gasteiger partial charge in [0.2, 0.25) is 0 Å². The van der Waals surface area contributed by atoms with Crippen molar-refractivity contribution in [2.75, 3.05) is 13.1 Å². The van der Waals surface area contributed by atoms with Crippen molar-refractivity contribution in [1.29, 1.82) is 0 Å². The summed E-state index contributed by atoms with van der Waals surface area (Å²) in [5.41, 5.74) is 0.855. The maximum absolute atomic E-state index is 12.4. The first-order valence-corrected chi connectivity index (χ1v) is 11.0. The van der Waals surface area contributed by atoms with Crippen LogP contribution in [0.5, 0.6) is 0 Å². The molecular formula is C26H30N2O2. The van der Waals surface area contributed by atoms with Crippen LogP contribution in [0, 0.1) is 12.5 Å². The summed E-state index contributed by atoms with van der Waals surface area (Å²) in [4.78, 5) is 19.0. The molecule has 0 amide bonds. The van der Waals surface area contributed by atoms with E-state index < -0.39 is 16.9 Å². The molecule has 1 N–H and O–H groups in total. The number of carbonyl (C=O) groups is 1. The second-order valence-corrected chi connectivity index (χ2v) is 9.03. The number of likely N-dealkylation sites (tertiary alicyclic amines) is 1. The normalized spacial score (nSPS) is 32.3. The third-order valence-corrected chi connectivity index (χ3v) is 7.64. The highest BCUT2D eigenvalue weighted by atomic mass is 16.4. The van der Waals surface area contributed by atoms with Gasteiger partial charge < -0.3 is 14.9 Å². The number of piperidine rings is 1. The smallest absolute Gasteiger partial charge is 0.314 e. The van der Waals surface area contributed by atoms with Crippen molar-refractivity contribution >= 4 is 5.97 Å². The van der Waals surface area contributed by atoms with Gasteiger partial charge in [-0.25, -0.2) is 6.57 Å². The summed E-state index contributed by atoms with van der Waals surface area (Å²) in [6.07, 6.45) is 4.37. The van der Waals surface area contributed by atoms with Gasteiger partial charge in [0.15, 0.2) is 0 Å². The second-order valence-electron chi connectivity index (χ2n) is 9.03. The zero-order chi connectivity index (χ0) is 21.2. The van der Waals surface area contributed by atoms with Crippen LogP contribution in [-0.2, 0) is 15.7 Å². The SMILES string of the molecule is [C-]#[N+]C1(c2ccccc2)CCC(N2CC[C@](C(=O)O)(c3ccccc3)[C@H](C)C2)CC1. The first-order valence-electron chi connectivity index (χ1n) is 11.0. The van der Waals surface area contributed by atoms with E-state index in [0.29, 0.717) is 12.5 Å². The highest BCUT2D eigenvalue weighted by Crippen LogP contribution is 2.45. The molecule has 1 heterocycles. The third-order valence-electron chi connectivity index (χ3n) is 7.64. The van der Waals surface area contributed by atoms with Crippen LogP contribution >= 0.6 is 0 Å². The fraction of sp³-hybridized carbons (Fsp3) is 0.462. The van der Waals surface area contributed by atoms with Crippen LogP contribution < -0.4 is 0 Å². The molecule has 4 rings (SSSR count). The number of hydrogen-bond donors (Lipinski definition) is 1. The Morgan fingerprint density at radius 3 is 2.07 bits per heavy atom. The maximum atomic E-state index is 12.4. The van der Waals surface area contributed by atoms with Crippen molar-refractivity contribution in [3.05, 3.63) is 83.2 Å². The quantitative estimate of drug-likeness (QED) is 0.723. The van der Waals surface area contributed by atoms with Crippen molar-refractivity contribution in [2.24, 2.45) is 5.92 Å². The minimum absolute atomic E-state index is 0.0350. The van der Waals surface area contributed by atoms with Gasteiger partial charge >= 0.3 is 5.97 Å². The van der Waals surface area contributed by atoms with Gasteiger partial charge in [0.05, 0.1) is 5.41 Å². The molecular weight excluding hydrogens is 372 g/mol. The molecule has 1 aliphatic heterocycles. The summed E-state index contributed by atoms with van der Waals surface area (Å²) in [6, 6.07) is 20.4. The molecule has 0 aromatic heterocycles. The average Bonchev–Trinajstić information content (AvgIpc) is 2.80. The van der Waals surface area contributed by atoms with E-state index in [0.717, 1.165) is 49.9 Å². The standard InChI is InChI=1S/C26H30N2O2/c1-20-19-28(18-17-26(20,24(29)30)22-11-7-4-8-12-22)23-13-15-25(27-2,16-14-23)21-9-5-3-6-10-21/h3-12,20,23H,13-19H2,1H3,(H,29,30)/t20-,23?,25?,26-/m1/s1. The van der Waals surface area contributed by atoms with Crippen LogP contribution in [0.1, 0.15) is 50.2 Å². The van der Waals surface area contributed by atoms with E-state index in [2.05, 4.69) is 28.8 Å². The predicted molar refractivity (Wildman–Crippen MR) is 118 cm³/mol. The Morgan fingerprint density at radius 2 is 1.57 bits per heavy atom. The molecule has 2 fully saturated rings. The third kappa shape index (κ3) is 3.42. The first kappa shape index (κ1) is 20.6. The Balaban J connectivity index is 1.47. The Hall–Kier alpha value is -2.64. The molecule has 156 valence electrons. The second kappa shape index (κ2) is 8.24. The summed E-state index contributed by atoms with van der Waals surface area (Å²) < 4.78 is 0. The summed E-state index contributed by atoms with van der Waals surface area (Å²) >= 11 is 0. The molecule has 2 aromatic carbocycles.